The van der Waals surface area contributed by atoms with Crippen molar-refractivity contribution in [1.29, 1.82) is 0 Å². The van der Waals surface area contributed by atoms with Crippen molar-refractivity contribution in [3.63, 3.8) is 0 Å². The lowest BCUT2D eigenvalue weighted by atomic mass is 9.93. The van der Waals surface area contributed by atoms with Gasteiger partial charge in [0.15, 0.2) is 0 Å². The Morgan fingerprint density at radius 1 is 1.26 bits per heavy atom. The number of rotatable bonds is 7. The molecule has 4 nitrogen and oxygen atoms in total. The Morgan fingerprint density at radius 2 is 1.96 bits per heavy atom. The van der Waals surface area contributed by atoms with Crippen molar-refractivity contribution in [2.24, 2.45) is 5.92 Å². The largest absolute Gasteiger partial charge is 0.393 e. The normalized spacial score (nSPS) is 23.4. The molecule has 4 unspecified atom stereocenters. The maximum Gasteiger partial charge on any atom is 0.0900 e. The van der Waals surface area contributed by atoms with Gasteiger partial charge in [-0.15, -0.1) is 0 Å². The highest BCUT2D eigenvalue weighted by molar-refractivity contribution is 6.30. The maximum atomic E-state index is 10.2. The summed E-state index contributed by atoms with van der Waals surface area (Å²) in [6, 6.07) is 7.57. The Kier molecular flexibility index (Phi) is 7.31. The molecule has 1 aromatic carbocycles. The van der Waals surface area contributed by atoms with Crippen LogP contribution >= 0.6 is 11.6 Å². The molecule has 0 amide bonds. The standard InChI is InChI=1S/C18H28ClNO3/c1-13(21)16-4-3-9-20(10-16)11-18(22)12-23-14(2)15-5-7-17(19)8-6-15/h5-8,13-14,16,18,21-22H,3-4,9-12H2,1-2H3. The zero-order valence-electron chi connectivity index (χ0n) is 14.0. The molecule has 1 aliphatic rings. The summed E-state index contributed by atoms with van der Waals surface area (Å²) in [6.45, 7) is 6.55. The second kappa shape index (κ2) is 9.00. The molecule has 0 spiro atoms. The molecular weight excluding hydrogens is 314 g/mol. The predicted molar refractivity (Wildman–Crippen MR) is 92.7 cm³/mol. The molecule has 2 rings (SSSR count). The van der Waals surface area contributed by atoms with Gasteiger partial charge in [-0.3, -0.25) is 0 Å². The second-order valence-electron chi connectivity index (χ2n) is 6.58. The molecule has 23 heavy (non-hydrogen) atoms. The molecule has 0 bridgehead atoms. The summed E-state index contributed by atoms with van der Waals surface area (Å²) in [4.78, 5) is 2.22. The lowest BCUT2D eigenvalue weighted by Crippen LogP contribution is -2.44. The van der Waals surface area contributed by atoms with Crippen molar-refractivity contribution in [3.05, 3.63) is 34.9 Å². The van der Waals surface area contributed by atoms with Crippen LogP contribution in [0.5, 0.6) is 0 Å². The van der Waals surface area contributed by atoms with Crippen LogP contribution in [0.1, 0.15) is 38.4 Å². The van der Waals surface area contributed by atoms with E-state index in [1.54, 1.807) is 0 Å². The fourth-order valence-corrected chi connectivity index (χ4v) is 3.21. The molecule has 1 saturated heterocycles. The van der Waals surface area contributed by atoms with Crippen molar-refractivity contribution < 1.29 is 14.9 Å². The van der Waals surface area contributed by atoms with Gasteiger partial charge in [-0.2, -0.15) is 0 Å². The second-order valence-corrected chi connectivity index (χ2v) is 7.02. The zero-order chi connectivity index (χ0) is 16.8. The van der Waals surface area contributed by atoms with Crippen molar-refractivity contribution in [2.45, 2.75) is 45.0 Å². The predicted octanol–water partition coefficient (Wildman–Crippen LogP) is 2.87. The van der Waals surface area contributed by atoms with Crippen LogP contribution < -0.4 is 0 Å². The van der Waals surface area contributed by atoms with E-state index in [4.69, 9.17) is 16.3 Å². The van der Waals surface area contributed by atoms with E-state index >= 15 is 0 Å². The van der Waals surface area contributed by atoms with Gasteiger partial charge in [0.2, 0.25) is 0 Å². The molecule has 1 aliphatic heterocycles. The van der Waals surface area contributed by atoms with E-state index in [-0.39, 0.29) is 12.2 Å². The van der Waals surface area contributed by atoms with Crippen LogP contribution in [0.2, 0.25) is 5.02 Å². The van der Waals surface area contributed by atoms with Crippen LogP contribution in [-0.2, 0) is 4.74 Å². The summed E-state index contributed by atoms with van der Waals surface area (Å²) in [5.41, 5.74) is 1.05. The van der Waals surface area contributed by atoms with E-state index in [0.717, 1.165) is 31.5 Å². The molecule has 2 N–H and O–H groups in total. The summed E-state index contributed by atoms with van der Waals surface area (Å²) in [5, 5.41) is 20.7. The number of halogens is 1. The summed E-state index contributed by atoms with van der Waals surface area (Å²) in [7, 11) is 0. The molecule has 1 aromatic rings. The maximum absolute atomic E-state index is 10.2. The molecule has 1 fully saturated rings. The minimum Gasteiger partial charge on any atom is -0.393 e. The van der Waals surface area contributed by atoms with Crippen LogP contribution in [0, 0.1) is 5.92 Å². The highest BCUT2D eigenvalue weighted by atomic mass is 35.5. The Hall–Kier alpha value is -0.650. The monoisotopic (exact) mass is 341 g/mol. The van der Waals surface area contributed by atoms with E-state index in [0.29, 0.717) is 24.1 Å². The van der Waals surface area contributed by atoms with E-state index in [1.807, 2.05) is 38.1 Å². The number of hydrogen-bond donors (Lipinski definition) is 2. The van der Waals surface area contributed by atoms with Gasteiger partial charge >= 0.3 is 0 Å². The lowest BCUT2D eigenvalue weighted by molar-refractivity contribution is -0.0254. The fourth-order valence-electron chi connectivity index (χ4n) is 3.09. The molecule has 130 valence electrons. The smallest absolute Gasteiger partial charge is 0.0900 e. The van der Waals surface area contributed by atoms with Crippen molar-refractivity contribution >= 4 is 11.6 Å². The fraction of sp³-hybridized carbons (Fsp3) is 0.667. The number of hydrogen-bond acceptors (Lipinski definition) is 4. The van der Waals surface area contributed by atoms with E-state index in [2.05, 4.69) is 4.90 Å². The Morgan fingerprint density at radius 3 is 2.61 bits per heavy atom. The summed E-state index contributed by atoms with van der Waals surface area (Å²) >= 11 is 5.88. The third kappa shape index (κ3) is 6.05. The first-order chi connectivity index (χ1) is 11.0. The average molecular weight is 342 g/mol. The van der Waals surface area contributed by atoms with Crippen LogP contribution in [-0.4, -0.2) is 53.6 Å². The highest BCUT2D eigenvalue weighted by Crippen LogP contribution is 2.21. The summed E-state index contributed by atoms with van der Waals surface area (Å²) < 4.78 is 5.78. The molecule has 0 aliphatic carbocycles. The highest BCUT2D eigenvalue weighted by Gasteiger charge is 2.24. The summed E-state index contributed by atoms with van der Waals surface area (Å²) in [6.07, 6.45) is 1.26. The van der Waals surface area contributed by atoms with Crippen molar-refractivity contribution in [2.75, 3.05) is 26.2 Å². The van der Waals surface area contributed by atoms with E-state index in [9.17, 15) is 10.2 Å². The number of β-amino-alcohol motifs (C(OH)–C–C–N with tert-alkyl or cyclic N) is 1. The van der Waals surface area contributed by atoms with Gasteiger partial charge in [0.25, 0.3) is 0 Å². The third-order valence-corrected chi connectivity index (χ3v) is 4.82. The third-order valence-electron chi connectivity index (χ3n) is 4.57. The first-order valence-corrected chi connectivity index (χ1v) is 8.79. The van der Waals surface area contributed by atoms with Gasteiger partial charge in [0.1, 0.15) is 0 Å². The van der Waals surface area contributed by atoms with Gasteiger partial charge in [0, 0.05) is 18.1 Å². The van der Waals surface area contributed by atoms with Gasteiger partial charge < -0.3 is 19.8 Å². The Bertz CT molecular complexity index is 466. The molecule has 0 radical (unpaired) electrons. The minimum absolute atomic E-state index is 0.0755. The van der Waals surface area contributed by atoms with Crippen LogP contribution in [0.25, 0.3) is 0 Å². The van der Waals surface area contributed by atoms with Gasteiger partial charge in [-0.1, -0.05) is 23.7 Å². The number of aliphatic hydroxyl groups excluding tert-OH is 2. The summed E-state index contributed by atoms with van der Waals surface area (Å²) in [5.74, 6) is 0.310. The number of ether oxygens (including phenoxy) is 1. The van der Waals surface area contributed by atoms with Crippen LogP contribution in [0.3, 0.4) is 0 Å². The molecular formula is C18H28ClNO3. The topological polar surface area (TPSA) is 52.9 Å². The number of nitrogens with zero attached hydrogens (tertiary/aromatic N) is 1. The first kappa shape index (κ1) is 18.7. The van der Waals surface area contributed by atoms with Gasteiger partial charge in [-0.05, 0) is 56.8 Å². The minimum atomic E-state index is -0.516. The number of benzene rings is 1. The first-order valence-electron chi connectivity index (χ1n) is 8.41. The molecule has 1 heterocycles. The van der Waals surface area contributed by atoms with Crippen LogP contribution in [0.15, 0.2) is 24.3 Å². The zero-order valence-corrected chi connectivity index (χ0v) is 14.7. The molecule has 0 aromatic heterocycles. The Labute approximate surface area is 144 Å². The van der Waals surface area contributed by atoms with E-state index in [1.165, 1.54) is 0 Å². The van der Waals surface area contributed by atoms with Gasteiger partial charge in [-0.25, -0.2) is 0 Å². The molecule has 4 atom stereocenters. The molecule has 0 saturated carbocycles. The average Bonchev–Trinajstić information content (AvgIpc) is 2.53. The van der Waals surface area contributed by atoms with Crippen molar-refractivity contribution in [3.8, 4) is 0 Å². The van der Waals surface area contributed by atoms with E-state index < -0.39 is 6.10 Å². The SMILES string of the molecule is CC(OCC(O)CN1CCCC(C(C)O)C1)c1ccc(Cl)cc1. The quantitative estimate of drug-likeness (QED) is 0.800. The lowest BCUT2D eigenvalue weighted by Gasteiger charge is -2.35. The number of piperidine rings is 1. The number of aliphatic hydroxyl groups is 2. The van der Waals surface area contributed by atoms with Crippen LogP contribution in [0.4, 0.5) is 0 Å². The number of likely N-dealkylation sites (tertiary alicyclic amines) is 1. The Balaban J connectivity index is 1.74. The van der Waals surface area contributed by atoms with Gasteiger partial charge in [0.05, 0.1) is 24.9 Å². The molecule has 5 heteroatoms. The van der Waals surface area contributed by atoms with Crippen molar-refractivity contribution in [1.82, 2.24) is 4.90 Å².